The minimum absolute atomic E-state index is 0.166. The average Bonchev–Trinajstić information content (AvgIpc) is 2.41. The fourth-order valence-corrected chi connectivity index (χ4v) is 1.84. The molecule has 21 heavy (non-hydrogen) atoms. The van der Waals surface area contributed by atoms with Crippen LogP contribution in [0.3, 0.4) is 0 Å². The SMILES string of the molecule is NC(c1cccc(OC(F)F)c1)c1cc(F)c(F)cc1F. The number of hydrogen-bond donors (Lipinski definition) is 1. The summed E-state index contributed by atoms with van der Waals surface area (Å²) in [4.78, 5) is 0. The Balaban J connectivity index is 2.36. The van der Waals surface area contributed by atoms with E-state index in [-0.39, 0.29) is 16.9 Å². The third-order valence-electron chi connectivity index (χ3n) is 2.82. The molecule has 0 saturated carbocycles. The van der Waals surface area contributed by atoms with E-state index in [9.17, 15) is 22.0 Å². The predicted molar refractivity (Wildman–Crippen MR) is 65.4 cm³/mol. The lowest BCUT2D eigenvalue weighted by molar-refractivity contribution is -0.0498. The van der Waals surface area contributed by atoms with Crippen molar-refractivity contribution in [1.29, 1.82) is 0 Å². The smallest absolute Gasteiger partial charge is 0.387 e. The van der Waals surface area contributed by atoms with Crippen molar-refractivity contribution in [2.24, 2.45) is 5.73 Å². The molecular formula is C14H10F5NO. The van der Waals surface area contributed by atoms with E-state index in [4.69, 9.17) is 5.73 Å². The van der Waals surface area contributed by atoms with Crippen molar-refractivity contribution in [3.05, 3.63) is 65.0 Å². The van der Waals surface area contributed by atoms with Gasteiger partial charge in [-0.3, -0.25) is 0 Å². The maximum Gasteiger partial charge on any atom is 0.387 e. The van der Waals surface area contributed by atoms with Crippen molar-refractivity contribution in [2.75, 3.05) is 0 Å². The normalized spacial score (nSPS) is 12.5. The molecule has 2 aromatic carbocycles. The van der Waals surface area contributed by atoms with Crippen LogP contribution in [-0.2, 0) is 0 Å². The summed E-state index contributed by atoms with van der Waals surface area (Å²) in [6, 6.07) is 5.12. The summed E-state index contributed by atoms with van der Waals surface area (Å²) >= 11 is 0. The summed E-state index contributed by atoms with van der Waals surface area (Å²) in [5.74, 6) is -3.78. The second-order valence-electron chi connectivity index (χ2n) is 4.22. The highest BCUT2D eigenvalue weighted by Gasteiger charge is 2.18. The first kappa shape index (κ1) is 15.2. The number of alkyl halides is 2. The zero-order valence-corrected chi connectivity index (χ0v) is 10.5. The minimum Gasteiger partial charge on any atom is -0.435 e. The zero-order chi connectivity index (χ0) is 15.6. The fraction of sp³-hybridized carbons (Fsp3) is 0.143. The van der Waals surface area contributed by atoms with Crippen LogP contribution in [0.5, 0.6) is 5.75 Å². The van der Waals surface area contributed by atoms with Crippen molar-refractivity contribution in [3.63, 3.8) is 0 Å². The van der Waals surface area contributed by atoms with E-state index in [0.717, 1.165) is 0 Å². The van der Waals surface area contributed by atoms with Gasteiger partial charge in [-0.1, -0.05) is 12.1 Å². The lowest BCUT2D eigenvalue weighted by atomic mass is 9.98. The molecule has 0 aliphatic carbocycles. The van der Waals surface area contributed by atoms with E-state index < -0.39 is 30.1 Å². The molecule has 1 atom stereocenters. The third kappa shape index (κ3) is 3.49. The number of hydrogen-bond acceptors (Lipinski definition) is 2. The van der Waals surface area contributed by atoms with Gasteiger partial charge in [0.05, 0.1) is 6.04 Å². The second kappa shape index (κ2) is 6.09. The van der Waals surface area contributed by atoms with Gasteiger partial charge in [-0.25, -0.2) is 13.2 Å². The van der Waals surface area contributed by atoms with Crippen LogP contribution in [0.4, 0.5) is 22.0 Å². The molecular weight excluding hydrogens is 293 g/mol. The molecule has 7 heteroatoms. The van der Waals surface area contributed by atoms with Gasteiger partial charge >= 0.3 is 6.61 Å². The number of halogens is 5. The van der Waals surface area contributed by atoms with Gasteiger partial charge in [0.2, 0.25) is 0 Å². The van der Waals surface area contributed by atoms with Gasteiger partial charge in [-0.2, -0.15) is 8.78 Å². The van der Waals surface area contributed by atoms with Crippen LogP contribution in [0, 0.1) is 17.5 Å². The molecule has 0 spiro atoms. The van der Waals surface area contributed by atoms with Gasteiger partial charge in [0.15, 0.2) is 11.6 Å². The van der Waals surface area contributed by atoms with Gasteiger partial charge in [0.25, 0.3) is 0 Å². The molecule has 0 aliphatic rings. The predicted octanol–water partition coefficient (Wildman–Crippen LogP) is 3.75. The van der Waals surface area contributed by atoms with Crippen molar-refractivity contribution in [3.8, 4) is 5.75 Å². The Morgan fingerprint density at radius 2 is 1.57 bits per heavy atom. The summed E-state index contributed by atoms with van der Waals surface area (Å²) in [6.45, 7) is -3.02. The maximum atomic E-state index is 13.6. The van der Waals surface area contributed by atoms with Crippen LogP contribution in [0.1, 0.15) is 17.2 Å². The quantitative estimate of drug-likeness (QED) is 0.689. The topological polar surface area (TPSA) is 35.2 Å². The molecule has 0 radical (unpaired) electrons. The molecule has 2 rings (SSSR count). The highest BCUT2D eigenvalue weighted by atomic mass is 19.3. The van der Waals surface area contributed by atoms with Crippen molar-refractivity contribution in [1.82, 2.24) is 0 Å². The largest absolute Gasteiger partial charge is 0.435 e. The zero-order valence-electron chi connectivity index (χ0n) is 10.5. The average molecular weight is 303 g/mol. The molecule has 0 aliphatic heterocycles. The Bertz CT molecular complexity index is 647. The van der Waals surface area contributed by atoms with Crippen LogP contribution < -0.4 is 10.5 Å². The Labute approximate surface area is 116 Å². The van der Waals surface area contributed by atoms with E-state index in [1.165, 1.54) is 24.3 Å². The summed E-state index contributed by atoms with van der Waals surface area (Å²) in [7, 11) is 0. The second-order valence-corrected chi connectivity index (χ2v) is 4.22. The molecule has 0 saturated heterocycles. The summed E-state index contributed by atoms with van der Waals surface area (Å²) < 4.78 is 68.1. The first-order chi connectivity index (χ1) is 9.88. The molecule has 112 valence electrons. The summed E-state index contributed by atoms with van der Waals surface area (Å²) in [5.41, 5.74) is 5.70. The van der Waals surface area contributed by atoms with E-state index in [2.05, 4.69) is 4.74 Å². The molecule has 1 unspecified atom stereocenters. The number of benzene rings is 2. The molecule has 0 fully saturated rings. The lowest BCUT2D eigenvalue weighted by Crippen LogP contribution is -2.15. The monoisotopic (exact) mass is 303 g/mol. The van der Waals surface area contributed by atoms with Gasteiger partial charge in [-0.05, 0) is 23.8 Å². The maximum absolute atomic E-state index is 13.6. The van der Waals surface area contributed by atoms with Crippen molar-refractivity contribution in [2.45, 2.75) is 12.7 Å². The molecule has 2 N–H and O–H groups in total. The lowest BCUT2D eigenvalue weighted by Gasteiger charge is -2.15. The van der Waals surface area contributed by atoms with E-state index in [1.54, 1.807) is 0 Å². The summed E-state index contributed by atoms with van der Waals surface area (Å²) in [6.07, 6.45) is 0. The third-order valence-corrected chi connectivity index (χ3v) is 2.82. The highest BCUT2D eigenvalue weighted by molar-refractivity contribution is 5.37. The van der Waals surface area contributed by atoms with Crippen LogP contribution in [-0.4, -0.2) is 6.61 Å². The number of rotatable bonds is 4. The first-order valence-electron chi connectivity index (χ1n) is 5.83. The van der Waals surface area contributed by atoms with Gasteiger partial charge in [0, 0.05) is 11.6 Å². The molecule has 0 heterocycles. The number of nitrogens with two attached hydrogens (primary N) is 1. The van der Waals surface area contributed by atoms with Gasteiger partial charge in [-0.15, -0.1) is 0 Å². The molecule has 2 nitrogen and oxygen atoms in total. The molecule has 2 aromatic rings. The fourth-order valence-electron chi connectivity index (χ4n) is 1.84. The summed E-state index contributed by atoms with van der Waals surface area (Å²) in [5, 5.41) is 0. The van der Waals surface area contributed by atoms with Gasteiger partial charge < -0.3 is 10.5 Å². The standard InChI is InChI=1S/C14H10F5NO/c15-10-6-12(17)11(16)5-9(10)13(20)7-2-1-3-8(4-7)21-14(18)19/h1-6,13-14H,20H2. The van der Waals surface area contributed by atoms with Crippen LogP contribution in [0.15, 0.2) is 36.4 Å². The Morgan fingerprint density at radius 3 is 2.24 bits per heavy atom. The van der Waals surface area contributed by atoms with Crippen LogP contribution in [0.2, 0.25) is 0 Å². The van der Waals surface area contributed by atoms with E-state index in [1.807, 2.05) is 0 Å². The Morgan fingerprint density at radius 1 is 0.905 bits per heavy atom. The van der Waals surface area contributed by atoms with E-state index >= 15 is 0 Å². The molecule has 0 bridgehead atoms. The Hall–Kier alpha value is -2.15. The van der Waals surface area contributed by atoms with Gasteiger partial charge in [0.1, 0.15) is 11.6 Å². The van der Waals surface area contributed by atoms with Crippen LogP contribution >= 0.6 is 0 Å². The molecule has 0 amide bonds. The van der Waals surface area contributed by atoms with Crippen LogP contribution in [0.25, 0.3) is 0 Å². The molecule has 0 aromatic heterocycles. The minimum atomic E-state index is -3.02. The van der Waals surface area contributed by atoms with Crippen molar-refractivity contribution < 1.29 is 26.7 Å². The highest BCUT2D eigenvalue weighted by Crippen LogP contribution is 2.27. The van der Waals surface area contributed by atoms with Crippen molar-refractivity contribution >= 4 is 0 Å². The van der Waals surface area contributed by atoms with E-state index in [0.29, 0.717) is 12.1 Å². The number of ether oxygens (including phenoxy) is 1. The first-order valence-corrected chi connectivity index (χ1v) is 5.83. The Kier molecular flexibility index (Phi) is 4.42.